The first kappa shape index (κ1) is 14.1. The number of esters is 1. The third kappa shape index (κ3) is 6.23. The number of nitrogens with two attached hydrogens (primary N) is 1. The monoisotopic (exact) mass is 215 g/mol. The molecule has 0 aromatic rings. The maximum Gasteiger partial charge on any atom is 0.316 e. The number of rotatable bonds is 5. The minimum atomic E-state index is -0.692. The molecule has 1 unspecified atom stereocenters. The summed E-state index contributed by atoms with van der Waals surface area (Å²) in [4.78, 5) is 22.3. The molecule has 0 rings (SSSR count). The van der Waals surface area contributed by atoms with Crippen LogP contribution < -0.4 is 5.73 Å². The van der Waals surface area contributed by atoms with Crippen LogP contribution in [-0.2, 0) is 14.3 Å². The molecule has 4 heteroatoms. The SMILES string of the molecule is CC(CN)C[C@@H](C=O)C(=O)OC(C)(C)C. The van der Waals surface area contributed by atoms with Crippen LogP contribution in [0, 0.1) is 11.8 Å². The summed E-state index contributed by atoms with van der Waals surface area (Å²) >= 11 is 0. The van der Waals surface area contributed by atoms with Crippen LogP contribution in [0.3, 0.4) is 0 Å². The molecule has 0 aromatic carbocycles. The number of hydrogen-bond donors (Lipinski definition) is 1. The van der Waals surface area contributed by atoms with E-state index in [9.17, 15) is 9.59 Å². The fraction of sp³-hybridized carbons (Fsp3) is 0.818. The van der Waals surface area contributed by atoms with Gasteiger partial charge in [0.15, 0.2) is 0 Å². The summed E-state index contributed by atoms with van der Waals surface area (Å²) in [7, 11) is 0. The highest BCUT2D eigenvalue weighted by atomic mass is 16.6. The Morgan fingerprint density at radius 1 is 1.47 bits per heavy atom. The van der Waals surface area contributed by atoms with Crippen LogP contribution in [-0.4, -0.2) is 24.4 Å². The van der Waals surface area contributed by atoms with Crippen LogP contribution >= 0.6 is 0 Å². The van der Waals surface area contributed by atoms with Crippen molar-refractivity contribution in [1.29, 1.82) is 0 Å². The van der Waals surface area contributed by atoms with Gasteiger partial charge in [0.25, 0.3) is 0 Å². The van der Waals surface area contributed by atoms with E-state index in [1.807, 2.05) is 6.92 Å². The number of aldehydes is 1. The normalized spacial score (nSPS) is 15.5. The minimum Gasteiger partial charge on any atom is -0.459 e. The molecule has 0 aliphatic rings. The quantitative estimate of drug-likeness (QED) is 0.424. The molecule has 0 aliphatic heterocycles. The van der Waals surface area contributed by atoms with E-state index < -0.39 is 17.5 Å². The predicted octanol–water partition coefficient (Wildman–Crippen LogP) is 1.13. The predicted molar refractivity (Wildman–Crippen MR) is 58.2 cm³/mol. The zero-order chi connectivity index (χ0) is 12.1. The third-order valence-electron chi connectivity index (χ3n) is 1.93. The summed E-state index contributed by atoms with van der Waals surface area (Å²) in [5.41, 5.74) is 4.88. The van der Waals surface area contributed by atoms with Crippen molar-refractivity contribution in [2.24, 2.45) is 17.6 Å². The molecule has 0 saturated carbocycles. The lowest BCUT2D eigenvalue weighted by Crippen LogP contribution is -2.31. The van der Waals surface area contributed by atoms with Crippen molar-refractivity contribution >= 4 is 12.3 Å². The summed E-state index contributed by atoms with van der Waals surface area (Å²) in [6, 6.07) is 0. The smallest absolute Gasteiger partial charge is 0.316 e. The molecule has 0 aliphatic carbocycles. The highest BCUT2D eigenvalue weighted by Crippen LogP contribution is 2.15. The maximum atomic E-state index is 11.5. The number of carbonyl (C=O) groups excluding carboxylic acids is 2. The van der Waals surface area contributed by atoms with Crippen LogP contribution in [0.25, 0.3) is 0 Å². The van der Waals surface area contributed by atoms with Crippen molar-refractivity contribution in [2.45, 2.75) is 39.7 Å². The van der Waals surface area contributed by atoms with E-state index >= 15 is 0 Å². The van der Waals surface area contributed by atoms with Crippen molar-refractivity contribution in [3.63, 3.8) is 0 Å². The first-order chi connectivity index (χ1) is 6.80. The van der Waals surface area contributed by atoms with Crippen molar-refractivity contribution < 1.29 is 14.3 Å². The number of hydrogen-bond acceptors (Lipinski definition) is 4. The van der Waals surface area contributed by atoms with Crippen molar-refractivity contribution in [3.8, 4) is 0 Å². The lowest BCUT2D eigenvalue weighted by atomic mass is 9.97. The van der Waals surface area contributed by atoms with Gasteiger partial charge < -0.3 is 15.3 Å². The van der Waals surface area contributed by atoms with Crippen LogP contribution in [0.5, 0.6) is 0 Å². The molecule has 88 valence electrons. The fourth-order valence-corrected chi connectivity index (χ4v) is 1.11. The van der Waals surface area contributed by atoms with Gasteiger partial charge in [-0.15, -0.1) is 0 Å². The molecule has 4 nitrogen and oxygen atoms in total. The van der Waals surface area contributed by atoms with Crippen molar-refractivity contribution in [3.05, 3.63) is 0 Å². The van der Waals surface area contributed by atoms with E-state index in [2.05, 4.69) is 0 Å². The van der Waals surface area contributed by atoms with E-state index in [-0.39, 0.29) is 5.92 Å². The molecule has 0 amide bonds. The van der Waals surface area contributed by atoms with Crippen LogP contribution in [0.15, 0.2) is 0 Å². The van der Waals surface area contributed by atoms with Crippen molar-refractivity contribution in [2.75, 3.05) is 6.54 Å². The van der Waals surface area contributed by atoms with E-state index in [1.165, 1.54) is 0 Å². The number of ether oxygens (including phenoxy) is 1. The molecule has 0 radical (unpaired) electrons. The first-order valence-electron chi connectivity index (χ1n) is 5.18. The summed E-state index contributed by atoms with van der Waals surface area (Å²) in [6.07, 6.45) is 1.09. The van der Waals surface area contributed by atoms with Gasteiger partial charge in [0.05, 0.1) is 0 Å². The lowest BCUT2D eigenvalue weighted by Gasteiger charge is -2.22. The van der Waals surface area contributed by atoms with Gasteiger partial charge in [-0.25, -0.2) is 0 Å². The standard InChI is InChI=1S/C11H21NO3/c1-8(6-12)5-9(7-13)10(14)15-11(2,3)4/h7-9H,5-6,12H2,1-4H3/t8?,9-/m0/s1. The van der Waals surface area contributed by atoms with E-state index in [0.29, 0.717) is 19.3 Å². The van der Waals surface area contributed by atoms with Crippen LogP contribution in [0.2, 0.25) is 0 Å². The molecule has 2 N–H and O–H groups in total. The number of carbonyl (C=O) groups is 2. The molecular formula is C11H21NO3. The molecule has 15 heavy (non-hydrogen) atoms. The maximum absolute atomic E-state index is 11.5. The summed E-state index contributed by atoms with van der Waals surface area (Å²) in [6.45, 7) is 7.70. The lowest BCUT2D eigenvalue weighted by molar-refractivity contribution is -0.161. The second-order valence-electron chi connectivity index (χ2n) is 4.85. The van der Waals surface area contributed by atoms with Gasteiger partial charge in [0.2, 0.25) is 0 Å². The Bertz CT molecular complexity index is 220. The Labute approximate surface area is 91.2 Å². The molecule has 0 aromatic heterocycles. The molecule has 0 bridgehead atoms. The van der Waals surface area contributed by atoms with Crippen LogP contribution in [0.4, 0.5) is 0 Å². The summed E-state index contributed by atoms with van der Waals surface area (Å²) in [5.74, 6) is -1.01. The van der Waals surface area contributed by atoms with Gasteiger partial charge in [-0.3, -0.25) is 4.79 Å². The second kappa shape index (κ2) is 5.85. The van der Waals surface area contributed by atoms with E-state index in [0.717, 1.165) is 0 Å². The molecule has 0 fully saturated rings. The molecule has 0 spiro atoms. The topological polar surface area (TPSA) is 69.4 Å². The molecule has 2 atom stereocenters. The first-order valence-corrected chi connectivity index (χ1v) is 5.18. The van der Waals surface area contributed by atoms with E-state index in [1.54, 1.807) is 20.8 Å². The van der Waals surface area contributed by atoms with Crippen LogP contribution in [0.1, 0.15) is 34.1 Å². The fourth-order valence-electron chi connectivity index (χ4n) is 1.11. The molecular weight excluding hydrogens is 194 g/mol. The van der Waals surface area contributed by atoms with Gasteiger partial charge in [0.1, 0.15) is 17.8 Å². The van der Waals surface area contributed by atoms with E-state index in [4.69, 9.17) is 10.5 Å². The Morgan fingerprint density at radius 2 is 2.00 bits per heavy atom. The summed E-state index contributed by atoms with van der Waals surface area (Å²) in [5, 5.41) is 0. The zero-order valence-corrected chi connectivity index (χ0v) is 9.95. The van der Waals surface area contributed by atoms with Gasteiger partial charge >= 0.3 is 5.97 Å². The Hall–Kier alpha value is -0.900. The van der Waals surface area contributed by atoms with Gasteiger partial charge in [-0.2, -0.15) is 0 Å². The zero-order valence-electron chi connectivity index (χ0n) is 9.95. The average molecular weight is 215 g/mol. The molecule has 0 heterocycles. The van der Waals surface area contributed by atoms with Crippen molar-refractivity contribution in [1.82, 2.24) is 0 Å². The highest BCUT2D eigenvalue weighted by Gasteiger charge is 2.25. The van der Waals surface area contributed by atoms with Gasteiger partial charge in [-0.1, -0.05) is 6.92 Å². The Kier molecular flexibility index (Phi) is 5.50. The third-order valence-corrected chi connectivity index (χ3v) is 1.93. The largest absolute Gasteiger partial charge is 0.459 e. The molecule has 0 saturated heterocycles. The van der Waals surface area contributed by atoms with Gasteiger partial charge in [-0.05, 0) is 39.7 Å². The Morgan fingerprint density at radius 3 is 2.33 bits per heavy atom. The Balaban J connectivity index is 4.29. The average Bonchev–Trinajstić information content (AvgIpc) is 2.10. The second-order valence-corrected chi connectivity index (χ2v) is 4.85. The van der Waals surface area contributed by atoms with Gasteiger partial charge in [0, 0.05) is 0 Å². The highest BCUT2D eigenvalue weighted by molar-refractivity contribution is 5.87. The minimum absolute atomic E-state index is 0.146. The summed E-state index contributed by atoms with van der Waals surface area (Å²) < 4.78 is 5.13.